The number of nitrogens with one attached hydrogen (secondary N) is 1. The van der Waals surface area contributed by atoms with Crippen molar-refractivity contribution in [2.24, 2.45) is 17.2 Å². The van der Waals surface area contributed by atoms with Crippen molar-refractivity contribution in [3.63, 3.8) is 0 Å². The van der Waals surface area contributed by atoms with Gasteiger partial charge in [0.2, 0.25) is 0 Å². The number of nitrogens with two attached hydrogens (primary N) is 3. The van der Waals surface area contributed by atoms with Crippen LogP contribution in [-0.2, 0) is 14.3 Å². The lowest BCUT2D eigenvalue weighted by Gasteiger charge is -2.27. The van der Waals surface area contributed by atoms with Gasteiger partial charge in [0.1, 0.15) is 11.2 Å². The molecule has 0 aliphatic heterocycles. The van der Waals surface area contributed by atoms with Gasteiger partial charge in [-0.3, -0.25) is 0 Å². The Labute approximate surface area is 158 Å². The molecule has 8 nitrogen and oxygen atoms in total. The summed E-state index contributed by atoms with van der Waals surface area (Å²) in [5.41, 5.74) is 14.2. The van der Waals surface area contributed by atoms with E-state index in [9.17, 15) is 9.59 Å². The lowest BCUT2D eigenvalue weighted by atomic mass is 10.1. The lowest BCUT2D eigenvalue weighted by molar-refractivity contribution is -0.161. The van der Waals surface area contributed by atoms with Crippen molar-refractivity contribution in [2.45, 2.75) is 91.0 Å². The smallest absolute Gasteiger partial charge is 0.407 e. The van der Waals surface area contributed by atoms with E-state index in [0.29, 0.717) is 19.5 Å². The molecule has 0 saturated carbocycles. The monoisotopic (exact) mass is 376 g/mol. The van der Waals surface area contributed by atoms with Gasteiger partial charge >= 0.3 is 12.1 Å². The Kier molecular flexibility index (Phi) is 12.5. The summed E-state index contributed by atoms with van der Waals surface area (Å²) in [5.74, 6) is -0.540. The number of carbonyl (C=O) groups is 2. The normalized spacial score (nSPS) is 11.9. The van der Waals surface area contributed by atoms with Gasteiger partial charge < -0.3 is 32.0 Å². The van der Waals surface area contributed by atoms with E-state index in [0.717, 1.165) is 19.3 Å². The zero-order valence-corrected chi connectivity index (χ0v) is 17.6. The number of hydrogen-bond donors (Lipinski definition) is 4. The number of ether oxygens (including phenoxy) is 2. The molecule has 0 bridgehead atoms. The number of amides is 1. The van der Waals surface area contributed by atoms with Gasteiger partial charge in [0.05, 0.1) is 0 Å². The SMILES string of the molecule is CC(C)(C)OC(=O)NCCCCN.CCCC(N)(N)C(=O)OC(C)(C)C. The van der Waals surface area contributed by atoms with Crippen molar-refractivity contribution in [3.8, 4) is 0 Å². The molecule has 156 valence electrons. The van der Waals surface area contributed by atoms with Crippen LogP contribution in [0.15, 0.2) is 0 Å². The van der Waals surface area contributed by atoms with E-state index in [-0.39, 0.29) is 6.09 Å². The van der Waals surface area contributed by atoms with Crippen molar-refractivity contribution in [1.82, 2.24) is 5.32 Å². The second-order valence-corrected chi connectivity index (χ2v) is 8.22. The summed E-state index contributed by atoms with van der Waals surface area (Å²) in [6.07, 6.45) is 2.66. The van der Waals surface area contributed by atoms with E-state index < -0.39 is 22.8 Å². The van der Waals surface area contributed by atoms with Crippen LogP contribution in [0.4, 0.5) is 4.79 Å². The summed E-state index contributed by atoms with van der Waals surface area (Å²) in [6.45, 7) is 14.1. The Bertz CT molecular complexity index is 412. The predicted octanol–water partition coefficient (Wildman–Crippen LogP) is 1.99. The third-order valence-corrected chi connectivity index (χ3v) is 2.74. The predicted molar refractivity (Wildman–Crippen MR) is 104 cm³/mol. The highest BCUT2D eigenvalue weighted by Gasteiger charge is 2.32. The molecule has 0 heterocycles. The molecule has 0 aromatic heterocycles. The van der Waals surface area contributed by atoms with E-state index in [4.69, 9.17) is 26.7 Å². The Balaban J connectivity index is 0. The molecule has 0 spiro atoms. The quantitative estimate of drug-likeness (QED) is 0.302. The number of hydrogen-bond acceptors (Lipinski definition) is 7. The molecular weight excluding hydrogens is 336 g/mol. The number of rotatable bonds is 7. The minimum Gasteiger partial charge on any atom is -0.458 e. The zero-order chi connectivity index (χ0) is 21.0. The second-order valence-electron chi connectivity index (χ2n) is 8.22. The van der Waals surface area contributed by atoms with E-state index in [2.05, 4.69) is 5.32 Å². The topological polar surface area (TPSA) is 143 Å². The van der Waals surface area contributed by atoms with Crippen LogP contribution >= 0.6 is 0 Å². The summed E-state index contributed by atoms with van der Waals surface area (Å²) in [5, 5.41) is 2.66. The first-order valence-electron chi connectivity index (χ1n) is 9.12. The third-order valence-electron chi connectivity index (χ3n) is 2.74. The van der Waals surface area contributed by atoms with Crippen LogP contribution in [0.25, 0.3) is 0 Å². The number of esters is 1. The summed E-state index contributed by atoms with van der Waals surface area (Å²) < 4.78 is 10.1. The first-order chi connectivity index (χ1) is 11.6. The Morgan fingerprint density at radius 1 is 0.923 bits per heavy atom. The van der Waals surface area contributed by atoms with Gasteiger partial charge in [-0.05, 0) is 67.3 Å². The van der Waals surface area contributed by atoms with Crippen molar-refractivity contribution < 1.29 is 19.1 Å². The summed E-state index contributed by atoms with van der Waals surface area (Å²) >= 11 is 0. The Morgan fingerprint density at radius 2 is 1.42 bits per heavy atom. The first-order valence-corrected chi connectivity index (χ1v) is 9.12. The van der Waals surface area contributed by atoms with E-state index >= 15 is 0 Å². The van der Waals surface area contributed by atoms with Crippen LogP contribution in [0.2, 0.25) is 0 Å². The molecule has 0 fully saturated rings. The largest absolute Gasteiger partial charge is 0.458 e. The minimum atomic E-state index is -1.35. The fraction of sp³-hybridized carbons (Fsp3) is 0.889. The standard InChI is InChI=1S/2C9H20N2O2/c1-9(2,3)13-8(12)11-7-5-4-6-10;1-5-6-9(10,11)7(12)13-8(2,3)4/h4-7,10H2,1-3H3,(H,11,12);5-6,10-11H2,1-4H3. The average molecular weight is 377 g/mol. The Hall–Kier alpha value is -1.38. The van der Waals surface area contributed by atoms with Crippen LogP contribution < -0.4 is 22.5 Å². The lowest BCUT2D eigenvalue weighted by Crippen LogP contribution is -2.58. The maximum Gasteiger partial charge on any atom is 0.407 e. The van der Waals surface area contributed by atoms with Crippen LogP contribution in [0.3, 0.4) is 0 Å². The van der Waals surface area contributed by atoms with Gasteiger partial charge in [0.25, 0.3) is 0 Å². The first kappa shape index (κ1) is 26.8. The fourth-order valence-electron chi connectivity index (χ4n) is 1.66. The summed E-state index contributed by atoms with van der Waals surface area (Å²) in [7, 11) is 0. The van der Waals surface area contributed by atoms with Gasteiger partial charge in [-0.15, -0.1) is 0 Å². The van der Waals surface area contributed by atoms with Gasteiger partial charge in [0, 0.05) is 6.54 Å². The molecule has 26 heavy (non-hydrogen) atoms. The van der Waals surface area contributed by atoms with E-state index in [1.54, 1.807) is 20.8 Å². The van der Waals surface area contributed by atoms with Gasteiger partial charge in [-0.25, -0.2) is 9.59 Å². The van der Waals surface area contributed by atoms with Gasteiger partial charge in [-0.1, -0.05) is 13.3 Å². The summed E-state index contributed by atoms with van der Waals surface area (Å²) in [6, 6.07) is 0. The fourth-order valence-corrected chi connectivity index (χ4v) is 1.66. The molecular formula is C18H40N4O4. The molecule has 0 aromatic carbocycles. The van der Waals surface area contributed by atoms with Crippen molar-refractivity contribution in [1.29, 1.82) is 0 Å². The van der Waals surface area contributed by atoms with Crippen molar-refractivity contribution in [2.75, 3.05) is 13.1 Å². The maximum absolute atomic E-state index is 11.4. The molecule has 0 atom stereocenters. The Morgan fingerprint density at radius 3 is 1.81 bits per heavy atom. The molecule has 7 N–H and O–H groups in total. The van der Waals surface area contributed by atoms with Crippen LogP contribution in [0, 0.1) is 0 Å². The highest BCUT2D eigenvalue weighted by atomic mass is 16.6. The van der Waals surface area contributed by atoms with Crippen LogP contribution in [0.5, 0.6) is 0 Å². The molecule has 0 saturated heterocycles. The van der Waals surface area contributed by atoms with Crippen LogP contribution in [-0.4, -0.2) is 42.0 Å². The van der Waals surface area contributed by atoms with Crippen molar-refractivity contribution >= 4 is 12.1 Å². The average Bonchev–Trinajstić information content (AvgIpc) is 2.40. The minimum absolute atomic E-state index is 0.357. The van der Waals surface area contributed by atoms with Crippen molar-refractivity contribution in [3.05, 3.63) is 0 Å². The number of unbranched alkanes of at least 4 members (excludes halogenated alkanes) is 1. The number of carbonyl (C=O) groups excluding carboxylic acids is 2. The highest BCUT2D eigenvalue weighted by Crippen LogP contribution is 2.12. The van der Waals surface area contributed by atoms with E-state index in [1.165, 1.54) is 0 Å². The van der Waals surface area contributed by atoms with E-state index in [1.807, 2.05) is 27.7 Å². The number of alkyl carbamates (subject to hydrolysis) is 1. The summed E-state index contributed by atoms with van der Waals surface area (Å²) in [4.78, 5) is 22.5. The van der Waals surface area contributed by atoms with Gasteiger partial charge in [-0.2, -0.15) is 0 Å². The third kappa shape index (κ3) is 17.4. The molecule has 1 amide bonds. The molecule has 0 aromatic rings. The van der Waals surface area contributed by atoms with Gasteiger partial charge in [0.15, 0.2) is 5.66 Å². The molecule has 8 heteroatoms. The second kappa shape index (κ2) is 12.1. The molecule has 0 rings (SSSR count). The highest BCUT2D eigenvalue weighted by molar-refractivity contribution is 5.79. The zero-order valence-electron chi connectivity index (χ0n) is 17.6. The van der Waals surface area contributed by atoms with Crippen LogP contribution in [0.1, 0.15) is 74.1 Å². The molecule has 0 unspecified atom stereocenters. The molecule has 0 aliphatic carbocycles. The maximum atomic E-state index is 11.4. The molecule has 0 aliphatic rings. The molecule has 0 radical (unpaired) electrons.